The molecule has 1 N–H and O–H groups in total. The van der Waals surface area contributed by atoms with E-state index < -0.39 is 17.8 Å². The molecule has 1 aromatic carbocycles. The van der Waals surface area contributed by atoms with Crippen molar-refractivity contribution in [3.8, 4) is 11.4 Å². The molecule has 0 aliphatic carbocycles. The number of aryl methyl sites for hydroxylation is 1. The second-order valence-electron chi connectivity index (χ2n) is 6.08. The Morgan fingerprint density at radius 2 is 1.93 bits per heavy atom. The van der Waals surface area contributed by atoms with Crippen molar-refractivity contribution < 1.29 is 18.0 Å². The first-order valence-electron chi connectivity index (χ1n) is 7.98. The van der Waals surface area contributed by atoms with Crippen molar-refractivity contribution in [3.05, 3.63) is 41.7 Å². The van der Waals surface area contributed by atoms with E-state index in [2.05, 4.69) is 25.9 Å². The zero-order valence-electron chi connectivity index (χ0n) is 14.7. The van der Waals surface area contributed by atoms with Gasteiger partial charge in [-0.1, -0.05) is 12.1 Å². The molecule has 0 saturated carbocycles. The number of tetrazole rings is 1. The first-order chi connectivity index (χ1) is 12.7. The molecule has 0 unspecified atom stereocenters. The number of hydrogen-bond acceptors (Lipinski definition) is 5. The summed E-state index contributed by atoms with van der Waals surface area (Å²) >= 11 is 0. The fraction of sp³-hybridized carbons (Fsp3) is 0.312. The molecule has 0 fully saturated rings. The van der Waals surface area contributed by atoms with Crippen LogP contribution in [0.4, 0.5) is 18.9 Å². The Morgan fingerprint density at radius 3 is 2.56 bits per heavy atom. The zero-order valence-corrected chi connectivity index (χ0v) is 14.7. The van der Waals surface area contributed by atoms with Gasteiger partial charge in [0.15, 0.2) is 11.5 Å². The van der Waals surface area contributed by atoms with E-state index in [4.69, 9.17) is 0 Å². The number of para-hydroxylation sites is 1. The Labute approximate surface area is 152 Å². The van der Waals surface area contributed by atoms with Gasteiger partial charge in [-0.05, 0) is 36.4 Å². The highest BCUT2D eigenvalue weighted by Gasteiger charge is 2.35. The number of carbonyl (C=O) groups excluding carboxylic acids is 1. The maximum atomic E-state index is 12.8. The number of rotatable bonds is 4. The van der Waals surface area contributed by atoms with Gasteiger partial charge in [0.05, 0.1) is 11.7 Å². The minimum atomic E-state index is -4.63. The quantitative estimate of drug-likeness (QED) is 0.753. The highest BCUT2D eigenvalue weighted by molar-refractivity contribution is 6.05. The zero-order chi connectivity index (χ0) is 19.8. The van der Waals surface area contributed by atoms with Gasteiger partial charge in [0, 0.05) is 18.7 Å². The van der Waals surface area contributed by atoms with Crippen LogP contribution in [-0.2, 0) is 13.2 Å². The van der Waals surface area contributed by atoms with Crippen LogP contribution >= 0.6 is 0 Å². The first-order valence-corrected chi connectivity index (χ1v) is 7.98. The second-order valence-corrected chi connectivity index (χ2v) is 6.08. The van der Waals surface area contributed by atoms with Crippen LogP contribution < -0.4 is 5.32 Å². The lowest BCUT2D eigenvalue weighted by molar-refractivity contribution is -0.141. The van der Waals surface area contributed by atoms with E-state index in [1.807, 2.05) is 13.8 Å². The summed E-state index contributed by atoms with van der Waals surface area (Å²) in [5.41, 5.74) is -0.440. The maximum Gasteiger partial charge on any atom is 0.435 e. The predicted molar refractivity (Wildman–Crippen MR) is 89.8 cm³/mol. The standard InChI is InChI=1S/C16H16F3N7O/c1-9(2)26-14(21-23-24-26)10-6-4-5-7-11(10)20-15(27)12-8-13(16(17,18)19)22-25(12)3/h4-9H,1-3H3,(H,20,27). The SMILES string of the molecule is CC(C)n1nnnc1-c1ccccc1NC(=O)c1cc(C(F)(F)F)nn1C. The Hall–Kier alpha value is -3.24. The van der Waals surface area contributed by atoms with E-state index in [0.717, 1.165) is 4.68 Å². The number of nitrogens with one attached hydrogen (secondary N) is 1. The van der Waals surface area contributed by atoms with Crippen LogP contribution in [0.1, 0.15) is 36.1 Å². The van der Waals surface area contributed by atoms with Crippen LogP contribution in [0, 0.1) is 0 Å². The lowest BCUT2D eigenvalue weighted by Gasteiger charge is -2.12. The average molecular weight is 379 g/mol. The molecule has 27 heavy (non-hydrogen) atoms. The van der Waals surface area contributed by atoms with E-state index in [9.17, 15) is 18.0 Å². The fourth-order valence-electron chi connectivity index (χ4n) is 2.51. The molecule has 0 bridgehead atoms. The molecule has 8 nitrogen and oxygen atoms in total. The van der Waals surface area contributed by atoms with Crippen molar-refractivity contribution in [3.63, 3.8) is 0 Å². The van der Waals surface area contributed by atoms with Gasteiger partial charge in [0.1, 0.15) is 5.69 Å². The van der Waals surface area contributed by atoms with Crippen molar-refractivity contribution in [2.75, 3.05) is 5.32 Å². The van der Waals surface area contributed by atoms with Gasteiger partial charge in [0.2, 0.25) is 0 Å². The molecule has 142 valence electrons. The fourth-order valence-corrected chi connectivity index (χ4v) is 2.51. The number of benzene rings is 1. The third-order valence-corrected chi connectivity index (χ3v) is 3.80. The van der Waals surface area contributed by atoms with Crippen molar-refractivity contribution >= 4 is 11.6 Å². The van der Waals surface area contributed by atoms with Crippen LogP contribution in [0.15, 0.2) is 30.3 Å². The minimum Gasteiger partial charge on any atom is -0.320 e. The van der Waals surface area contributed by atoms with Gasteiger partial charge < -0.3 is 5.32 Å². The normalized spacial score (nSPS) is 11.8. The highest BCUT2D eigenvalue weighted by atomic mass is 19.4. The Balaban J connectivity index is 1.95. The van der Waals surface area contributed by atoms with E-state index in [1.54, 1.807) is 28.9 Å². The first kappa shape index (κ1) is 18.5. The lowest BCUT2D eigenvalue weighted by Crippen LogP contribution is -2.17. The van der Waals surface area contributed by atoms with Crippen molar-refractivity contribution in [1.82, 2.24) is 30.0 Å². The minimum absolute atomic E-state index is 0.0230. The number of halogens is 3. The number of anilines is 1. The van der Waals surface area contributed by atoms with E-state index in [-0.39, 0.29) is 11.7 Å². The lowest BCUT2D eigenvalue weighted by atomic mass is 10.1. The summed E-state index contributed by atoms with van der Waals surface area (Å²) in [7, 11) is 1.27. The number of hydrogen-bond donors (Lipinski definition) is 1. The Kier molecular flexibility index (Phi) is 4.68. The summed E-state index contributed by atoms with van der Waals surface area (Å²) in [6.45, 7) is 3.80. The van der Waals surface area contributed by atoms with E-state index >= 15 is 0 Å². The molecular weight excluding hydrogens is 363 g/mol. The molecule has 0 radical (unpaired) electrons. The van der Waals surface area contributed by atoms with Crippen molar-refractivity contribution in [2.24, 2.45) is 7.05 Å². The summed E-state index contributed by atoms with van der Waals surface area (Å²) in [4.78, 5) is 12.5. The molecule has 2 heterocycles. The van der Waals surface area contributed by atoms with Crippen LogP contribution in [0.3, 0.4) is 0 Å². The molecular formula is C16H16F3N7O. The largest absolute Gasteiger partial charge is 0.435 e. The highest BCUT2D eigenvalue weighted by Crippen LogP contribution is 2.30. The van der Waals surface area contributed by atoms with Crippen molar-refractivity contribution in [2.45, 2.75) is 26.1 Å². The molecule has 0 aliphatic heterocycles. The molecule has 0 aliphatic rings. The molecule has 3 aromatic rings. The Bertz CT molecular complexity index is 975. The third kappa shape index (κ3) is 3.66. The smallest absolute Gasteiger partial charge is 0.320 e. The summed E-state index contributed by atoms with van der Waals surface area (Å²) in [5, 5.41) is 17.5. The number of alkyl halides is 3. The molecule has 2 aromatic heterocycles. The summed E-state index contributed by atoms with van der Waals surface area (Å²) < 4.78 is 40.9. The van der Waals surface area contributed by atoms with Gasteiger partial charge in [-0.2, -0.15) is 18.3 Å². The van der Waals surface area contributed by atoms with E-state index in [1.165, 1.54) is 7.05 Å². The average Bonchev–Trinajstić information content (AvgIpc) is 3.21. The van der Waals surface area contributed by atoms with Crippen molar-refractivity contribution in [1.29, 1.82) is 0 Å². The van der Waals surface area contributed by atoms with E-state index in [0.29, 0.717) is 23.1 Å². The van der Waals surface area contributed by atoms with Crippen LogP contribution in [-0.4, -0.2) is 35.9 Å². The number of nitrogens with zero attached hydrogens (tertiary/aromatic N) is 6. The predicted octanol–water partition coefficient (Wildman–Crippen LogP) is 2.93. The number of carbonyl (C=O) groups is 1. The van der Waals surface area contributed by atoms with Gasteiger partial charge in [-0.25, -0.2) is 4.68 Å². The molecule has 1 amide bonds. The second kappa shape index (κ2) is 6.82. The Morgan fingerprint density at radius 1 is 1.22 bits per heavy atom. The number of amides is 1. The summed E-state index contributed by atoms with van der Waals surface area (Å²) in [5.74, 6) is -0.293. The monoisotopic (exact) mass is 379 g/mol. The van der Waals surface area contributed by atoms with Gasteiger partial charge >= 0.3 is 6.18 Å². The molecule has 0 spiro atoms. The topological polar surface area (TPSA) is 90.5 Å². The van der Waals surface area contributed by atoms with Crippen LogP contribution in [0.25, 0.3) is 11.4 Å². The van der Waals surface area contributed by atoms with Crippen LogP contribution in [0.5, 0.6) is 0 Å². The van der Waals surface area contributed by atoms with Gasteiger partial charge in [0.25, 0.3) is 5.91 Å². The van der Waals surface area contributed by atoms with Gasteiger partial charge in [-0.15, -0.1) is 5.10 Å². The van der Waals surface area contributed by atoms with Gasteiger partial charge in [-0.3, -0.25) is 9.48 Å². The summed E-state index contributed by atoms with van der Waals surface area (Å²) in [6.07, 6.45) is -4.63. The third-order valence-electron chi connectivity index (χ3n) is 3.80. The maximum absolute atomic E-state index is 12.8. The molecule has 0 saturated heterocycles. The molecule has 11 heteroatoms. The molecule has 3 rings (SSSR count). The van der Waals surface area contributed by atoms with Crippen LogP contribution in [0.2, 0.25) is 0 Å². The summed E-state index contributed by atoms with van der Waals surface area (Å²) in [6, 6.07) is 7.45. The number of aromatic nitrogens is 6. The molecule has 0 atom stereocenters.